The Bertz CT molecular complexity index is 644. The third kappa shape index (κ3) is 2.01. The Kier molecular flexibility index (Phi) is 2.84. The van der Waals surface area contributed by atoms with Gasteiger partial charge >= 0.3 is 5.97 Å². The van der Waals surface area contributed by atoms with Gasteiger partial charge in [0.2, 0.25) is 0 Å². The van der Waals surface area contributed by atoms with Crippen LogP contribution in [0, 0.1) is 0 Å². The lowest BCUT2D eigenvalue weighted by Crippen LogP contribution is -2.27. The normalized spacial score (nSPS) is 10.5. The number of aryl methyl sites for hydroxylation is 1. The Morgan fingerprint density at radius 2 is 2.24 bits per heavy atom. The molecule has 2 aromatic rings. The average Bonchev–Trinajstić information content (AvgIpc) is 2.68. The molecule has 2 heterocycles. The summed E-state index contributed by atoms with van der Waals surface area (Å²) in [6.45, 7) is 0. The molecule has 0 spiro atoms. The Morgan fingerprint density at radius 3 is 2.76 bits per heavy atom. The molecule has 88 valence electrons. The molecule has 0 amide bonds. The molecule has 1 N–H and O–H groups in total. The van der Waals surface area contributed by atoms with E-state index in [1.54, 1.807) is 12.1 Å². The van der Waals surface area contributed by atoms with Crippen LogP contribution in [-0.2, 0) is 7.05 Å². The largest absolute Gasteiger partial charge is 0.477 e. The molecule has 0 fully saturated rings. The van der Waals surface area contributed by atoms with Gasteiger partial charge in [0.25, 0.3) is 5.56 Å². The molecule has 0 radical (unpaired) electrons. The monoisotopic (exact) mass is 298 g/mol. The van der Waals surface area contributed by atoms with Crippen molar-refractivity contribution in [3.63, 3.8) is 0 Å². The first-order valence-electron chi connectivity index (χ1n) is 4.56. The number of furan rings is 1. The molecule has 2 aromatic heterocycles. The number of carboxylic acids is 1. The van der Waals surface area contributed by atoms with Crippen molar-refractivity contribution in [2.45, 2.75) is 0 Å². The van der Waals surface area contributed by atoms with Crippen molar-refractivity contribution >= 4 is 21.9 Å². The SMILES string of the molecule is Cn1ncc(-c2ccc(Br)o2)c(C(=O)O)c1=O. The minimum atomic E-state index is -1.31. The zero-order chi connectivity index (χ0) is 12.6. The molecule has 2 rings (SSSR count). The van der Waals surface area contributed by atoms with Gasteiger partial charge in [0.05, 0.1) is 11.8 Å². The number of aromatic nitrogens is 2. The van der Waals surface area contributed by atoms with Crippen LogP contribution in [0.1, 0.15) is 10.4 Å². The molecule has 0 unspecified atom stereocenters. The highest BCUT2D eigenvalue weighted by Crippen LogP contribution is 2.25. The Labute approximate surface area is 104 Å². The molecule has 0 atom stereocenters. The van der Waals surface area contributed by atoms with Crippen molar-refractivity contribution in [3.8, 4) is 11.3 Å². The van der Waals surface area contributed by atoms with Crippen molar-refractivity contribution in [2.24, 2.45) is 7.05 Å². The van der Waals surface area contributed by atoms with E-state index in [0.717, 1.165) is 4.68 Å². The Balaban J connectivity index is 2.74. The lowest BCUT2D eigenvalue weighted by molar-refractivity contribution is 0.0694. The van der Waals surface area contributed by atoms with Gasteiger partial charge in [-0.25, -0.2) is 9.48 Å². The van der Waals surface area contributed by atoms with E-state index in [1.807, 2.05) is 0 Å². The lowest BCUT2D eigenvalue weighted by Gasteiger charge is -2.03. The molecule has 6 nitrogen and oxygen atoms in total. The van der Waals surface area contributed by atoms with Gasteiger partial charge in [-0.3, -0.25) is 4.79 Å². The highest BCUT2D eigenvalue weighted by atomic mass is 79.9. The summed E-state index contributed by atoms with van der Waals surface area (Å²) in [5.41, 5.74) is -0.877. The van der Waals surface area contributed by atoms with E-state index in [4.69, 9.17) is 9.52 Å². The fourth-order valence-corrected chi connectivity index (χ4v) is 1.70. The molecular formula is C10H7BrN2O4. The second kappa shape index (κ2) is 4.17. The average molecular weight is 299 g/mol. The smallest absolute Gasteiger partial charge is 0.342 e. The van der Waals surface area contributed by atoms with E-state index in [1.165, 1.54) is 13.2 Å². The molecule has 17 heavy (non-hydrogen) atoms. The van der Waals surface area contributed by atoms with E-state index in [0.29, 0.717) is 4.67 Å². The quantitative estimate of drug-likeness (QED) is 0.908. The van der Waals surface area contributed by atoms with Crippen LogP contribution >= 0.6 is 15.9 Å². The highest BCUT2D eigenvalue weighted by Gasteiger charge is 2.20. The molecule has 0 aliphatic rings. The fraction of sp³-hybridized carbons (Fsp3) is 0.100. The van der Waals surface area contributed by atoms with Crippen LogP contribution in [0.5, 0.6) is 0 Å². The standard InChI is InChI=1S/C10H7BrN2O4/c1-13-9(14)8(10(15)16)5(4-12-13)6-2-3-7(11)17-6/h2-4H,1H3,(H,15,16). The molecule has 0 aromatic carbocycles. The van der Waals surface area contributed by atoms with E-state index < -0.39 is 11.5 Å². The van der Waals surface area contributed by atoms with Crippen LogP contribution in [0.25, 0.3) is 11.3 Å². The van der Waals surface area contributed by atoms with Crippen LogP contribution in [0.3, 0.4) is 0 Å². The van der Waals surface area contributed by atoms with Gasteiger partial charge in [-0.2, -0.15) is 5.10 Å². The van der Waals surface area contributed by atoms with Crippen LogP contribution in [-0.4, -0.2) is 20.9 Å². The number of carboxylic acid groups (broad SMARTS) is 1. The summed E-state index contributed by atoms with van der Waals surface area (Å²) in [5, 5.41) is 12.8. The van der Waals surface area contributed by atoms with Crippen molar-refractivity contribution in [1.29, 1.82) is 0 Å². The first-order chi connectivity index (χ1) is 8.00. The number of carbonyl (C=O) groups is 1. The number of rotatable bonds is 2. The van der Waals surface area contributed by atoms with Gasteiger partial charge in [-0.05, 0) is 28.1 Å². The molecule has 0 aliphatic carbocycles. The van der Waals surface area contributed by atoms with Crippen molar-refractivity contribution in [2.75, 3.05) is 0 Å². The molecule has 0 aliphatic heterocycles. The molecule has 0 saturated carbocycles. The van der Waals surface area contributed by atoms with E-state index in [9.17, 15) is 9.59 Å². The predicted octanol–water partition coefficient (Wildman–Crippen LogP) is 1.50. The zero-order valence-corrected chi connectivity index (χ0v) is 10.3. The molecule has 0 saturated heterocycles. The highest BCUT2D eigenvalue weighted by molar-refractivity contribution is 9.10. The minimum Gasteiger partial charge on any atom is -0.477 e. The van der Waals surface area contributed by atoms with Gasteiger partial charge in [0.15, 0.2) is 4.67 Å². The van der Waals surface area contributed by atoms with Crippen molar-refractivity contribution in [1.82, 2.24) is 9.78 Å². The maximum absolute atomic E-state index is 11.7. The Hall–Kier alpha value is -1.89. The minimum absolute atomic E-state index is 0.159. The summed E-state index contributed by atoms with van der Waals surface area (Å²) >= 11 is 3.11. The summed E-state index contributed by atoms with van der Waals surface area (Å²) in [4.78, 5) is 22.8. The first-order valence-corrected chi connectivity index (χ1v) is 5.35. The maximum atomic E-state index is 11.7. The Morgan fingerprint density at radius 1 is 1.53 bits per heavy atom. The van der Waals surface area contributed by atoms with E-state index in [2.05, 4.69) is 21.0 Å². The summed E-state index contributed by atoms with van der Waals surface area (Å²) < 4.78 is 6.63. The number of halogens is 1. The van der Waals surface area contributed by atoms with Crippen LogP contribution < -0.4 is 5.56 Å². The summed E-state index contributed by atoms with van der Waals surface area (Å²) in [5.74, 6) is -1.03. The predicted molar refractivity (Wildman–Crippen MR) is 61.8 cm³/mol. The number of aromatic carboxylic acids is 1. The molecular weight excluding hydrogens is 292 g/mol. The zero-order valence-electron chi connectivity index (χ0n) is 8.68. The van der Waals surface area contributed by atoms with Crippen molar-refractivity contribution in [3.05, 3.63) is 38.9 Å². The number of hydrogen-bond acceptors (Lipinski definition) is 4. The first kappa shape index (κ1) is 11.6. The van der Waals surface area contributed by atoms with Crippen LogP contribution in [0.4, 0.5) is 0 Å². The van der Waals surface area contributed by atoms with Gasteiger partial charge in [-0.1, -0.05) is 0 Å². The second-order valence-electron chi connectivity index (χ2n) is 3.27. The second-order valence-corrected chi connectivity index (χ2v) is 4.05. The van der Waals surface area contributed by atoms with Gasteiger partial charge in [-0.15, -0.1) is 0 Å². The lowest BCUT2D eigenvalue weighted by atomic mass is 10.1. The molecule has 7 heteroatoms. The van der Waals surface area contributed by atoms with E-state index in [-0.39, 0.29) is 16.9 Å². The van der Waals surface area contributed by atoms with Crippen LogP contribution in [0.15, 0.2) is 32.2 Å². The third-order valence-electron chi connectivity index (χ3n) is 2.19. The fourth-order valence-electron chi connectivity index (χ4n) is 1.39. The van der Waals surface area contributed by atoms with E-state index >= 15 is 0 Å². The summed E-state index contributed by atoms with van der Waals surface area (Å²) in [6, 6.07) is 3.17. The van der Waals surface area contributed by atoms with Gasteiger partial charge in [0, 0.05) is 7.05 Å². The summed E-state index contributed by atoms with van der Waals surface area (Å²) in [6.07, 6.45) is 1.29. The summed E-state index contributed by atoms with van der Waals surface area (Å²) in [7, 11) is 1.39. The van der Waals surface area contributed by atoms with Crippen molar-refractivity contribution < 1.29 is 14.3 Å². The van der Waals surface area contributed by atoms with Crippen LogP contribution in [0.2, 0.25) is 0 Å². The van der Waals surface area contributed by atoms with Gasteiger partial charge < -0.3 is 9.52 Å². The third-order valence-corrected chi connectivity index (χ3v) is 2.62. The van der Waals surface area contributed by atoms with Gasteiger partial charge in [0.1, 0.15) is 11.3 Å². The number of nitrogens with zero attached hydrogens (tertiary/aromatic N) is 2. The molecule has 0 bridgehead atoms. The number of hydrogen-bond donors (Lipinski definition) is 1. The topological polar surface area (TPSA) is 85.3 Å². The maximum Gasteiger partial charge on any atom is 0.342 e.